The molecule has 0 saturated heterocycles. The van der Waals surface area contributed by atoms with Crippen molar-refractivity contribution < 1.29 is 13.5 Å². The predicted molar refractivity (Wildman–Crippen MR) is 79.5 cm³/mol. The summed E-state index contributed by atoms with van der Waals surface area (Å²) in [5.74, 6) is 0.732. The molecule has 1 aromatic carbocycles. The molecular formula is C16H21FN2O2. The van der Waals surface area contributed by atoms with Crippen LogP contribution in [0.1, 0.15) is 24.3 Å². The van der Waals surface area contributed by atoms with E-state index < -0.39 is 0 Å². The van der Waals surface area contributed by atoms with Gasteiger partial charge in [0.15, 0.2) is 11.6 Å². The molecule has 0 radical (unpaired) electrons. The lowest BCUT2D eigenvalue weighted by Crippen LogP contribution is -2.33. The number of hydrogen-bond acceptors (Lipinski definition) is 4. The minimum absolute atomic E-state index is 0.0690. The van der Waals surface area contributed by atoms with Crippen LogP contribution < -0.4 is 10.5 Å². The minimum Gasteiger partial charge on any atom is -0.494 e. The number of methoxy groups -OCH3 is 1. The summed E-state index contributed by atoms with van der Waals surface area (Å²) in [5.41, 5.74) is 6.74. The predicted octanol–water partition coefficient (Wildman–Crippen LogP) is 2.95. The molecule has 21 heavy (non-hydrogen) atoms. The summed E-state index contributed by atoms with van der Waals surface area (Å²) in [4.78, 5) is 2.15. The Hall–Kier alpha value is -1.85. The molecule has 0 amide bonds. The van der Waals surface area contributed by atoms with Gasteiger partial charge in [0.1, 0.15) is 5.76 Å². The second kappa shape index (κ2) is 7.24. The van der Waals surface area contributed by atoms with E-state index >= 15 is 0 Å². The lowest BCUT2D eigenvalue weighted by molar-refractivity contribution is 0.187. The summed E-state index contributed by atoms with van der Waals surface area (Å²) in [6.07, 6.45) is 1.65. The molecule has 2 N–H and O–H groups in total. The van der Waals surface area contributed by atoms with E-state index in [1.54, 1.807) is 12.3 Å². The first-order chi connectivity index (χ1) is 10.2. The smallest absolute Gasteiger partial charge is 0.165 e. The van der Waals surface area contributed by atoms with Crippen LogP contribution in [0.2, 0.25) is 0 Å². The highest BCUT2D eigenvalue weighted by atomic mass is 19.1. The van der Waals surface area contributed by atoms with Crippen LogP contribution in [-0.2, 0) is 6.54 Å². The number of likely N-dealkylation sites (N-methyl/N-ethyl adjacent to an activating group) is 1. The molecule has 1 atom stereocenters. The van der Waals surface area contributed by atoms with Crippen molar-refractivity contribution in [1.29, 1.82) is 0 Å². The maximum atomic E-state index is 13.9. The maximum absolute atomic E-state index is 13.9. The summed E-state index contributed by atoms with van der Waals surface area (Å²) in [5, 5.41) is 0. The fraction of sp³-hybridized carbons (Fsp3) is 0.375. The van der Waals surface area contributed by atoms with Crippen LogP contribution in [0.4, 0.5) is 4.39 Å². The molecule has 0 spiro atoms. The summed E-state index contributed by atoms with van der Waals surface area (Å²) in [6, 6.07) is 8.68. The summed E-state index contributed by atoms with van der Waals surface area (Å²) >= 11 is 0. The highest BCUT2D eigenvalue weighted by Gasteiger charge is 2.20. The topological polar surface area (TPSA) is 51.6 Å². The van der Waals surface area contributed by atoms with Crippen LogP contribution in [0.5, 0.6) is 5.75 Å². The van der Waals surface area contributed by atoms with E-state index in [2.05, 4.69) is 4.90 Å². The number of furan rings is 1. The van der Waals surface area contributed by atoms with Gasteiger partial charge in [-0.1, -0.05) is 13.0 Å². The molecule has 0 aliphatic rings. The summed E-state index contributed by atoms with van der Waals surface area (Å²) < 4.78 is 24.2. The average Bonchev–Trinajstić information content (AvgIpc) is 3.00. The molecule has 0 aliphatic heterocycles. The molecule has 1 unspecified atom stereocenters. The van der Waals surface area contributed by atoms with Gasteiger partial charge in [-0.25, -0.2) is 4.39 Å². The van der Waals surface area contributed by atoms with E-state index in [0.717, 1.165) is 17.9 Å². The molecule has 0 bridgehead atoms. The Morgan fingerprint density at radius 2 is 2.19 bits per heavy atom. The first-order valence-electron chi connectivity index (χ1n) is 6.99. The Labute approximate surface area is 124 Å². The zero-order valence-corrected chi connectivity index (χ0v) is 12.4. The summed E-state index contributed by atoms with van der Waals surface area (Å²) in [6.45, 7) is 3.88. The highest BCUT2D eigenvalue weighted by molar-refractivity contribution is 5.31. The van der Waals surface area contributed by atoms with Gasteiger partial charge in [-0.3, -0.25) is 4.90 Å². The Morgan fingerprint density at radius 3 is 2.71 bits per heavy atom. The van der Waals surface area contributed by atoms with Gasteiger partial charge >= 0.3 is 0 Å². The van der Waals surface area contributed by atoms with Crippen LogP contribution in [0.25, 0.3) is 0 Å². The van der Waals surface area contributed by atoms with E-state index in [1.807, 2.05) is 25.1 Å². The molecular weight excluding hydrogens is 271 g/mol. The Kier molecular flexibility index (Phi) is 5.36. The fourth-order valence-corrected chi connectivity index (χ4v) is 2.43. The standard InChI is InChI=1S/C16H21FN2O2/c1-3-19(11-13-5-4-8-21-13)15(10-18)12-6-7-16(20-2)14(17)9-12/h4-9,15H,3,10-11,18H2,1-2H3. The van der Waals surface area contributed by atoms with Crippen LogP contribution in [-0.4, -0.2) is 25.1 Å². The average molecular weight is 292 g/mol. The SMILES string of the molecule is CCN(Cc1ccco1)C(CN)c1ccc(OC)c(F)c1. The van der Waals surface area contributed by atoms with Crippen molar-refractivity contribution in [2.75, 3.05) is 20.2 Å². The van der Waals surface area contributed by atoms with Crippen molar-refractivity contribution in [2.24, 2.45) is 5.73 Å². The molecule has 0 saturated carbocycles. The Bertz CT molecular complexity index is 557. The van der Waals surface area contributed by atoms with Gasteiger partial charge in [0, 0.05) is 12.6 Å². The van der Waals surface area contributed by atoms with E-state index in [9.17, 15) is 4.39 Å². The first-order valence-corrected chi connectivity index (χ1v) is 6.99. The fourth-order valence-electron chi connectivity index (χ4n) is 2.43. The summed E-state index contributed by atoms with van der Waals surface area (Å²) in [7, 11) is 1.45. The van der Waals surface area contributed by atoms with Gasteiger partial charge in [-0.05, 0) is 36.4 Å². The van der Waals surface area contributed by atoms with Crippen molar-refractivity contribution in [2.45, 2.75) is 19.5 Å². The van der Waals surface area contributed by atoms with Crippen molar-refractivity contribution >= 4 is 0 Å². The van der Waals surface area contributed by atoms with Crippen LogP contribution in [0.15, 0.2) is 41.0 Å². The number of hydrogen-bond donors (Lipinski definition) is 1. The molecule has 2 rings (SSSR count). The monoisotopic (exact) mass is 292 g/mol. The van der Waals surface area contributed by atoms with Gasteiger partial charge in [-0.15, -0.1) is 0 Å². The van der Waals surface area contributed by atoms with E-state index in [1.165, 1.54) is 13.2 Å². The molecule has 0 fully saturated rings. The van der Waals surface area contributed by atoms with Gasteiger partial charge in [0.05, 0.1) is 19.9 Å². The van der Waals surface area contributed by atoms with Gasteiger partial charge in [0.25, 0.3) is 0 Å². The third-order valence-corrected chi connectivity index (χ3v) is 3.57. The van der Waals surface area contributed by atoms with Crippen molar-refractivity contribution in [3.8, 4) is 5.75 Å². The van der Waals surface area contributed by atoms with Crippen LogP contribution in [0.3, 0.4) is 0 Å². The number of ether oxygens (including phenoxy) is 1. The van der Waals surface area contributed by atoms with Crippen LogP contribution >= 0.6 is 0 Å². The third kappa shape index (κ3) is 3.62. The number of halogens is 1. The van der Waals surface area contributed by atoms with E-state index in [-0.39, 0.29) is 17.6 Å². The second-order valence-electron chi connectivity index (χ2n) is 4.79. The molecule has 5 heteroatoms. The van der Waals surface area contributed by atoms with E-state index in [0.29, 0.717) is 13.1 Å². The lowest BCUT2D eigenvalue weighted by Gasteiger charge is -2.29. The van der Waals surface area contributed by atoms with Gasteiger partial charge in [0.2, 0.25) is 0 Å². The van der Waals surface area contributed by atoms with Crippen molar-refractivity contribution in [3.63, 3.8) is 0 Å². The molecule has 114 valence electrons. The van der Waals surface area contributed by atoms with Crippen molar-refractivity contribution in [3.05, 3.63) is 53.7 Å². The zero-order chi connectivity index (χ0) is 15.2. The maximum Gasteiger partial charge on any atom is 0.165 e. The molecule has 2 aromatic rings. The molecule has 1 heterocycles. The molecule has 0 aliphatic carbocycles. The normalized spacial score (nSPS) is 12.6. The van der Waals surface area contributed by atoms with Gasteiger partial charge < -0.3 is 14.9 Å². The second-order valence-corrected chi connectivity index (χ2v) is 4.79. The number of nitrogens with zero attached hydrogens (tertiary/aromatic N) is 1. The highest BCUT2D eigenvalue weighted by Crippen LogP contribution is 2.26. The Morgan fingerprint density at radius 1 is 1.38 bits per heavy atom. The molecule has 1 aromatic heterocycles. The number of benzene rings is 1. The van der Waals surface area contributed by atoms with Gasteiger partial charge in [-0.2, -0.15) is 0 Å². The van der Waals surface area contributed by atoms with Crippen LogP contribution in [0, 0.1) is 5.82 Å². The molecule has 4 nitrogen and oxygen atoms in total. The minimum atomic E-state index is -0.373. The largest absolute Gasteiger partial charge is 0.494 e. The number of rotatable bonds is 7. The van der Waals surface area contributed by atoms with E-state index in [4.69, 9.17) is 14.9 Å². The lowest BCUT2D eigenvalue weighted by atomic mass is 10.0. The number of nitrogens with two attached hydrogens (primary N) is 1. The first kappa shape index (κ1) is 15.5. The quantitative estimate of drug-likeness (QED) is 0.852. The van der Waals surface area contributed by atoms with Crippen molar-refractivity contribution in [1.82, 2.24) is 4.90 Å². The Balaban J connectivity index is 2.22. The zero-order valence-electron chi connectivity index (χ0n) is 12.4. The third-order valence-electron chi connectivity index (χ3n) is 3.57.